The largest absolute Gasteiger partial charge is 0.284 e. The Balaban J connectivity index is 1.81. The molecule has 31 heavy (non-hydrogen) atoms. The Morgan fingerprint density at radius 3 is 1.87 bits per heavy atom. The maximum Gasteiger partial charge on any atom is 0.284 e. The Labute approximate surface area is 181 Å². The molecule has 0 unspecified atom stereocenters. The highest BCUT2D eigenvalue weighted by molar-refractivity contribution is 7.91. The van der Waals surface area contributed by atoms with Gasteiger partial charge in [0.1, 0.15) is 0 Å². The molecule has 0 saturated carbocycles. The van der Waals surface area contributed by atoms with Crippen LogP contribution in [0.4, 0.5) is 0 Å². The Morgan fingerprint density at radius 1 is 0.613 bits per heavy atom. The smallest absolute Gasteiger partial charge is 0.262 e. The van der Waals surface area contributed by atoms with Crippen LogP contribution in [0.5, 0.6) is 0 Å². The molecule has 0 spiro atoms. The maximum absolute atomic E-state index is 13.1. The molecule has 0 aliphatic carbocycles. The summed E-state index contributed by atoms with van der Waals surface area (Å²) in [4.78, 5) is -0.0275. The van der Waals surface area contributed by atoms with Crippen molar-refractivity contribution in [3.8, 4) is 0 Å². The summed E-state index contributed by atoms with van der Waals surface area (Å²) in [6, 6.07) is 28.0. The number of sulfonamides is 2. The number of nitrogens with one attached hydrogen (secondary N) is 1. The molecule has 0 aromatic heterocycles. The molecular formula is C23H18N2O4S2. The first-order valence-electron chi connectivity index (χ1n) is 9.32. The van der Waals surface area contributed by atoms with Gasteiger partial charge in [0.05, 0.1) is 9.79 Å². The lowest BCUT2D eigenvalue weighted by Crippen LogP contribution is -2.32. The number of hydrogen-bond acceptors (Lipinski definition) is 4. The van der Waals surface area contributed by atoms with E-state index in [4.69, 9.17) is 0 Å². The van der Waals surface area contributed by atoms with E-state index in [0.717, 1.165) is 10.8 Å². The van der Waals surface area contributed by atoms with Crippen molar-refractivity contribution < 1.29 is 16.8 Å². The second-order valence-corrected chi connectivity index (χ2v) is 10.00. The van der Waals surface area contributed by atoms with Gasteiger partial charge in [-0.1, -0.05) is 78.9 Å². The molecule has 1 N–H and O–H groups in total. The van der Waals surface area contributed by atoms with Crippen molar-refractivity contribution >= 4 is 36.7 Å². The Morgan fingerprint density at radius 2 is 1.19 bits per heavy atom. The highest BCUT2D eigenvalue weighted by Crippen LogP contribution is 2.21. The van der Waals surface area contributed by atoms with Crippen molar-refractivity contribution in [1.82, 2.24) is 4.72 Å². The normalized spacial score (nSPS) is 12.6. The van der Waals surface area contributed by atoms with Crippen molar-refractivity contribution in [1.29, 1.82) is 0 Å². The Kier molecular flexibility index (Phi) is 5.58. The first kappa shape index (κ1) is 20.8. The van der Waals surface area contributed by atoms with Crippen molar-refractivity contribution in [3.63, 3.8) is 0 Å². The van der Waals surface area contributed by atoms with Crippen molar-refractivity contribution in [2.75, 3.05) is 0 Å². The van der Waals surface area contributed by atoms with Gasteiger partial charge in [0.2, 0.25) is 0 Å². The van der Waals surface area contributed by atoms with Crippen LogP contribution in [0.15, 0.2) is 117 Å². The van der Waals surface area contributed by atoms with Gasteiger partial charge in [-0.05, 0) is 35.0 Å². The van der Waals surface area contributed by atoms with Crippen LogP contribution in [0.1, 0.15) is 5.56 Å². The lowest BCUT2D eigenvalue weighted by atomic mass is 10.1. The quantitative estimate of drug-likeness (QED) is 0.368. The van der Waals surface area contributed by atoms with Gasteiger partial charge in [-0.15, -0.1) is 4.40 Å². The van der Waals surface area contributed by atoms with Gasteiger partial charge < -0.3 is 0 Å². The minimum atomic E-state index is -4.19. The molecule has 0 amide bonds. The highest BCUT2D eigenvalue weighted by Gasteiger charge is 2.21. The summed E-state index contributed by atoms with van der Waals surface area (Å²) in [5.74, 6) is -0.280. The van der Waals surface area contributed by atoms with Crippen LogP contribution in [0.3, 0.4) is 0 Å². The van der Waals surface area contributed by atoms with Crippen LogP contribution < -0.4 is 4.72 Å². The van der Waals surface area contributed by atoms with Crippen LogP contribution in [-0.2, 0) is 20.0 Å². The predicted molar refractivity (Wildman–Crippen MR) is 121 cm³/mol. The van der Waals surface area contributed by atoms with E-state index in [1.807, 2.05) is 18.2 Å². The summed E-state index contributed by atoms with van der Waals surface area (Å²) in [5.41, 5.74) is 0.325. The lowest BCUT2D eigenvalue weighted by Gasteiger charge is -2.11. The summed E-state index contributed by atoms with van der Waals surface area (Å²) in [6.45, 7) is 0. The molecule has 0 saturated heterocycles. The number of nitrogens with zero attached hydrogens (tertiary/aromatic N) is 1. The SMILES string of the molecule is O=S(=O)(/N=C(/NS(=O)(=O)c1ccccc1)c1ccccc1)c1ccc2ccccc2c1. The van der Waals surface area contributed by atoms with E-state index in [1.165, 1.54) is 24.3 Å². The molecule has 0 bridgehead atoms. The molecule has 4 aromatic carbocycles. The van der Waals surface area contributed by atoms with Gasteiger partial charge >= 0.3 is 0 Å². The third-order valence-electron chi connectivity index (χ3n) is 4.56. The minimum Gasteiger partial charge on any atom is -0.262 e. The van der Waals surface area contributed by atoms with Gasteiger partial charge in [-0.25, -0.2) is 8.42 Å². The molecule has 4 aromatic rings. The van der Waals surface area contributed by atoms with Gasteiger partial charge in [-0.3, -0.25) is 4.72 Å². The molecular weight excluding hydrogens is 432 g/mol. The molecule has 0 aliphatic rings. The molecule has 0 atom stereocenters. The topological polar surface area (TPSA) is 92.7 Å². The minimum absolute atomic E-state index is 0.00161. The Bertz CT molecular complexity index is 1470. The van der Waals surface area contributed by atoms with Crippen LogP contribution in [0.25, 0.3) is 10.8 Å². The molecule has 0 radical (unpaired) electrons. The third kappa shape index (κ3) is 4.65. The molecule has 6 nitrogen and oxygen atoms in total. The average Bonchev–Trinajstić information content (AvgIpc) is 2.79. The van der Waals surface area contributed by atoms with Crippen molar-refractivity contribution in [2.24, 2.45) is 4.40 Å². The fourth-order valence-corrected chi connectivity index (χ4v) is 5.13. The van der Waals surface area contributed by atoms with Crippen LogP contribution in [0.2, 0.25) is 0 Å². The summed E-state index contributed by atoms with van der Waals surface area (Å²) < 4.78 is 58.0. The molecule has 4 rings (SSSR count). The van der Waals surface area contributed by atoms with Gasteiger partial charge in [0.25, 0.3) is 20.0 Å². The first-order valence-corrected chi connectivity index (χ1v) is 12.2. The third-order valence-corrected chi connectivity index (χ3v) is 7.19. The van der Waals surface area contributed by atoms with E-state index in [1.54, 1.807) is 60.7 Å². The zero-order valence-corrected chi connectivity index (χ0v) is 17.8. The number of fused-ring (bicyclic) bond motifs is 1. The zero-order valence-electron chi connectivity index (χ0n) is 16.2. The summed E-state index contributed by atoms with van der Waals surface area (Å²) in [5, 5.41) is 1.63. The molecule has 0 fully saturated rings. The number of hydrogen-bond donors (Lipinski definition) is 1. The summed E-state index contributed by atoms with van der Waals surface area (Å²) in [7, 11) is -8.23. The number of benzene rings is 4. The lowest BCUT2D eigenvalue weighted by molar-refractivity contribution is 0.592. The number of rotatable bonds is 5. The monoisotopic (exact) mass is 450 g/mol. The van der Waals surface area contributed by atoms with E-state index in [9.17, 15) is 16.8 Å². The summed E-state index contributed by atoms with van der Waals surface area (Å²) in [6.07, 6.45) is 0. The van der Waals surface area contributed by atoms with Crippen molar-refractivity contribution in [2.45, 2.75) is 9.79 Å². The molecule has 0 heterocycles. The number of amidine groups is 1. The van der Waals surface area contributed by atoms with Gasteiger partial charge in [0, 0.05) is 5.56 Å². The first-order chi connectivity index (χ1) is 14.9. The fraction of sp³-hybridized carbons (Fsp3) is 0. The van der Waals surface area contributed by atoms with E-state index in [2.05, 4.69) is 9.12 Å². The van der Waals surface area contributed by atoms with Gasteiger partial charge in [-0.2, -0.15) is 8.42 Å². The zero-order chi connectivity index (χ0) is 21.9. The van der Waals surface area contributed by atoms with E-state index in [0.29, 0.717) is 5.56 Å². The Hall–Kier alpha value is -3.49. The fourth-order valence-electron chi connectivity index (χ4n) is 3.01. The van der Waals surface area contributed by atoms with Crippen LogP contribution in [0, 0.1) is 0 Å². The molecule has 156 valence electrons. The van der Waals surface area contributed by atoms with E-state index in [-0.39, 0.29) is 15.6 Å². The van der Waals surface area contributed by atoms with Gasteiger partial charge in [0.15, 0.2) is 5.84 Å². The van der Waals surface area contributed by atoms with Crippen molar-refractivity contribution in [3.05, 3.63) is 109 Å². The van der Waals surface area contributed by atoms with E-state index < -0.39 is 20.0 Å². The second-order valence-electron chi connectivity index (χ2n) is 6.71. The predicted octanol–water partition coefficient (Wildman–Crippen LogP) is 3.95. The standard InChI is InChI=1S/C23H18N2O4S2/c26-30(27,21-13-5-2-6-14-21)24-23(19-10-3-1-4-11-19)25-31(28,29)22-16-15-18-9-7-8-12-20(18)17-22/h1-17H,(H,24,25). The second kappa shape index (κ2) is 8.33. The van der Waals surface area contributed by atoms with E-state index >= 15 is 0 Å². The molecule has 8 heteroatoms. The maximum atomic E-state index is 13.1. The average molecular weight is 451 g/mol. The highest BCUT2D eigenvalue weighted by atomic mass is 32.2. The summed E-state index contributed by atoms with van der Waals surface area (Å²) >= 11 is 0. The molecule has 0 aliphatic heterocycles. The van der Waals surface area contributed by atoms with Crippen LogP contribution in [-0.4, -0.2) is 22.7 Å². The van der Waals surface area contributed by atoms with Crippen LogP contribution >= 0.6 is 0 Å².